The molecule has 2 aliphatic heterocycles. The largest absolute Gasteiger partial charge is 0.497 e. The summed E-state index contributed by atoms with van der Waals surface area (Å²) in [5.74, 6) is 0.713. The zero-order chi connectivity index (χ0) is 20.2. The van der Waals surface area contributed by atoms with Gasteiger partial charge < -0.3 is 14.2 Å². The normalized spacial score (nSPS) is 23.3. The van der Waals surface area contributed by atoms with Crippen molar-refractivity contribution in [3.63, 3.8) is 0 Å². The molecule has 2 saturated heterocycles. The van der Waals surface area contributed by atoms with Gasteiger partial charge in [-0.3, -0.25) is 9.69 Å². The molecule has 2 atom stereocenters. The number of nitrogens with zero attached hydrogens (tertiary/aromatic N) is 1. The van der Waals surface area contributed by atoms with Crippen LogP contribution in [0.4, 0.5) is 4.79 Å². The summed E-state index contributed by atoms with van der Waals surface area (Å²) in [6, 6.07) is 16.5. The Morgan fingerprint density at radius 1 is 1.00 bits per heavy atom. The summed E-state index contributed by atoms with van der Waals surface area (Å²) in [5, 5.41) is 0. The number of piperidine rings is 1. The topological polar surface area (TPSA) is 65.1 Å². The van der Waals surface area contributed by atoms with Crippen molar-refractivity contribution in [2.45, 2.75) is 31.5 Å². The minimum absolute atomic E-state index is 0.113. The number of benzene rings is 2. The minimum Gasteiger partial charge on any atom is -0.497 e. The van der Waals surface area contributed by atoms with Crippen molar-refractivity contribution in [2.24, 2.45) is 5.92 Å². The molecule has 2 aromatic carbocycles. The third-order valence-electron chi connectivity index (χ3n) is 5.68. The van der Waals surface area contributed by atoms with Crippen LogP contribution in [0.5, 0.6) is 5.75 Å². The van der Waals surface area contributed by atoms with Gasteiger partial charge in [-0.2, -0.15) is 0 Å². The Morgan fingerprint density at radius 2 is 1.66 bits per heavy atom. The van der Waals surface area contributed by atoms with Gasteiger partial charge in [0.2, 0.25) is 0 Å². The minimum atomic E-state index is -0.331. The average Bonchev–Trinajstić information content (AvgIpc) is 2.77. The van der Waals surface area contributed by atoms with Crippen LogP contribution in [0, 0.1) is 5.92 Å². The van der Waals surface area contributed by atoms with E-state index in [-0.39, 0.29) is 36.5 Å². The molecule has 0 aliphatic carbocycles. The van der Waals surface area contributed by atoms with E-state index in [9.17, 15) is 9.59 Å². The maximum atomic E-state index is 13.0. The first kappa shape index (κ1) is 19.5. The molecular formula is C23H25NO5. The highest BCUT2D eigenvalue weighted by molar-refractivity contribution is 5.98. The number of carbonyl (C=O) groups is 2. The monoisotopic (exact) mass is 395 g/mol. The molecule has 4 rings (SSSR count). The summed E-state index contributed by atoms with van der Waals surface area (Å²) >= 11 is 0. The van der Waals surface area contributed by atoms with Crippen LogP contribution in [0.3, 0.4) is 0 Å². The molecule has 6 heteroatoms. The van der Waals surface area contributed by atoms with Crippen LogP contribution in [0.1, 0.15) is 28.8 Å². The number of Topliss-reactive ketones (excluding diaryl/α,β-unsaturated/α-hetero) is 1. The van der Waals surface area contributed by atoms with E-state index in [2.05, 4.69) is 0 Å². The van der Waals surface area contributed by atoms with E-state index in [1.807, 2.05) is 30.3 Å². The Hall–Kier alpha value is -2.86. The van der Waals surface area contributed by atoms with E-state index in [1.165, 1.54) is 0 Å². The van der Waals surface area contributed by atoms with Crippen LogP contribution in [-0.2, 0) is 16.1 Å². The van der Waals surface area contributed by atoms with Crippen molar-refractivity contribution in [2.75, 3.05) is 20.3 Å². The van der Waals surface area contributed by atoms with E-state index in [4.69, 9.17) is 14.2 Å². The summed E-state index contributed by atoms with van der Waals surface area (Å²) in [7, 11) is 1.60. The molecule has 0 aromatic heterocycles. The predicted molar refractivity (Wildman–Crippen MR) is 107 cm³/mol. The summed E-state index contributed by atoms with van der Waals surface area (Å²) in [6.07, 6.45) is 0.839. The number of amides is 1. The maximum Gasteiger partial charge on any atom is 0.410 e. The Morgan fingerprint density at radius 3 is 2.28 bits per heavy atom. The van der Waals surface area contributed by atoms with Gasteiger partial charge in [0.05, 0.1) is 32.4 Å². The van der Waals surface area contributed by atoms with E-state index in [1.54, 1.807) is 36.3 Å². The smallest absolute Gasteiger partial charge is 0.410 e. The average molecular weight is 395 g/mol. The molecule has 6 nitrogen and oxygen atoms in total. The Kier molecular flexibility index (Phi) is 5.81. The van der Waals surface area contributed by atoms with Gasteiger partial charge in [0.1, 0.15) is 12.4 Å². The Bertz CT molecular complexity index is 837. The highest BCUT2D eigenvalue weighted by Gasteiger charge is 2.44. The van der Waals surface area contributed by atoms with Crippen molar-refractivity contribution in [3.05, 3.63) is 65.7 Å². The van der Waals surface area contributed by atoms with Gasteiger partial charge >= 0.3 is 6.09 Å². The molecule has 2 aliphatic rings. The lowest BCUT2D eigenvalue weighted by molar-refractivity contribution is -0.0755. The van der Waals surface area contributed by atoms with Crippen LogP contribution in [0.2, 0.25) is 0 Å². The molecular weight excluding hydrogens is 370 g/mol. The second kappa shape index (κ2) is 8.66. The number of hydrogen-bond donors (Lipinski definition) is 0. The molecule has 152 valence electrons. The molecule has 29 heavy (non-hydrogen) atoms. The second-order valence-electron chi connectivity index (χ2n) is 7.55. The maximum absolute atomic E-state index is 13.0. The van der Waals surface area contributed by atoms with Gasteiger partial charge in [-0.25, -0.2) is 4.79 Å². The van der Waals surface area contributed by atoms with Crippen LogP contribution >= 0.6 is 0 Å². The lowest BCUT2D eigenvalue weighted by atomic mass is 9.81. The second-order valence-corrected chi connectivity index (χ2v) is 7.55. The number of carbonyl (C=O) groups excluding carboxylic acids is 2. The SMILES string of the molecule is COc1ccc(C(=O)C2CC3COCC(C2)N3C(=O)OCc2ccccc2)cc1. The zero-order valence-corrected chi connectivity index (χ0v) is 16.5. The summed E-state index contributed by atoms with van der Waals surface area (Å²) in [5.41, 5.74) is 1.63. The molecule has 2 aromatic rings. The van der Waals surface area contributed by atoms with Crippen LogP contribution in [0.15, 0.2) is 54.6 Å². The van der Waals surface area contributed by atoms with Crippen molar-refractivity contribution in [3.8, 4) is 5.75 Å². The number of rotatable bonds is 5. The van der Waals surface area contributed by atoms with E-state index in [0.717, 1.165) is 11.3 Å². The third-order valence-corrected chi connectivity index (χ3v) is 5.68. The predicted octanol–water partition coefficient (Wildman–Crippen LogP) is 3.69. The van der Waals surface area contributed by atoms with E-state index in [0.29, 0.717) is 31.6 Å². The highest BCUT2D eigenvalue weighted by atomic mass is 16.6. The van der Waals surface area contributed by atoms with Crippen molar-refractivity contribution < 1.29 is 23.8 Å². The fourth-order valence-electron chi connectivity index (χ4n) is 4.21. The van der Waals surface area contributed by atoms with Gasteiger partial charge in [-0.05, 0) is 42.7 Å². The van der Waals surface area contributed by atoms with Crippen molar-refractivity contribution in [1.82, 2.24) is 4.90 Å². The number of fused-ring (bicyclic) bond motifs is 2. The number of methoxy groups -OCH3 is 1. The third kappa shape index (κ3) is 4.27. The standard InChI is InChI=1S/C23H25NO5/c1-27-21-9-7-17(8-10-21)22(25)18-11-19-14-28-15-20(12-18)24(19)23(26)29-13-16-5-3-2-4-6-16/h2-10,18-20H,11-15H2,1H3. The molecule has 1 amide bonds. The lowest BCUT2D eigenvalue weighted by Gasteiger charge is -2.47. The fraction of sp³-hybridized carbons (Fsp3) is 0.391. The summed E-state index contributed by atoms with van der Waals surface area (Å²) in [6.45, 7) is 1.11. The lowest BCUT2D eigenvalue weighted by Crippen LogP contribution is -2.59. The molecule has 0 N–H and O–H groups in total. The zero-order valence-electron chi connectivity index (χ0n) is 16.5. The molecule has 0 saturated carbocycles. The quantitative estimate of drug-likeness (QED) is 0.723. The van der Waals surface area contributed by atoms with Crippen LogP contribution in [-0.4, -0.2) is 49.2 Å². The first-order valence-corrected chi connectivity index (χ1v) is 9.90. The molecule has 2 heterocycles. The molecule has 0 radical (unpaired) electrons. The number of ketones is 1. The molecule has 2 unspecified atom stereocenters. The van der Waals surface area contributed by atoms with Crippen LogP contribution < -0.4 is 4.74 Å². The Balaban J connectivity index is 1.41. The number of hydrogen-bond acceptors (Lipinski definition) is 5. The van der Waals surface area contributed by atoms with E-state index >= 15 is 0 Å². The number of ether oxygens (including phenoxy) is 3. The van der Waals surface area contributed by atoms with Gasteiger partial charge in [0, 0.05) is 11.5 Å². The van der Waals surface area contributed by atoms with Crippen molar-refractivity contribution >= 4 is 11.9 Å². The first-order valence-electron chi connectivity index (χ1n) is 9.90. The first-order chi connectivity index (χ1) is 14.2. The molecule has 2 bridgehead atoms. The Labute approximate surface area is 170 Å². The molecule has 0 spiro atoms. The van der Waals surface area contributed by atoms with Gasteiger partial charge in [-0.1, -0.05) is 30.3 Å². The van der Waals surface area contributed by atoms with Gasteiger partial charge in [0.15, 0.2) is 5.78 Å². The van der Waals surface area contributed by atoms with Gasteiger partial charge in [-0.15, -0.1) is 0 Å². The highest BCUT2D eigenvalue weighted by Crippen LogP contribution is 2.34. The van der Waals surface area contributed by atoms with Crippen molar-refractivity contribution in [1.29, 1.82) is 0 Å². The van der Waals surface area contributed by atoms with Crippen LogP contribution in [0.25, 0.3) is 0 Å². The summed E-state index contributed by atoms with van der Waals surface area (Å²) in [4.78, 5) is 27.5. The molecule has 2 fully saturated rings. The summed E-state index contributed by atoms with van der Waals surface area (Å²) < 4.78 is 16.4. The number of morpholine rings is 1. The van der Waals surface area contributed by atoms with Gasteiger partial charge in [0.25, 0.3) is 0 Å². The fourth-order valence-corrected chi connectivity index (χ4v) is 4.21. The van der Waals surface area contributed by atoms with E-state index < -0.39 is 0 Å².